The highest BCUT2D eigenvalue weighted by Crippen LogP contribution is 2.16. The number of piperidine rings is 1. The summed E-state index contributed by atoms with van der Waals surface area (Å²) in [6.07, 6.45) is 8.18. The highest BCUT2D eigenvalue weighted by atomic mass is 16.5. The summed E-state index contributed by atoms with van der Waals surface area (Å²) in [5, 5.41) is 3.45. The molecule has 1 atom stereocenters. The molecule has 2 rings (SSSR count). The van der Waals surface area contributed by atoms with Crippen molar-refractivity contribution in [3.8, 4) is 0 Å². The summed E-state index contributed by atoms with van der Waals surface area (Å²) in [7, 11) is 0. The quantitative estimate of drug-likeness (QED) is 0.767. The second-order valence-corrected chi connectivity index (χ2v) is 4.31. The van der Waals surface area contributed by atoms with Gasteiger partial charge < -0.3 is 10.1 Å². The molecule has 0 amide bonds. The Hall–Kier alpha value is -0.830. The van der Waals surface area contributed by atoms with E-state index in [2.05, 4.69) is 5.32 Å². The SMILES string of the molecule is O=C(CCC1CCCCN1)C1=CCCO1. The standard InChI is InChI=1S/C12H19NO2/c14-11(12-5-3-9-15-12)7-6-10-4-1-2-8-13-10/h5,10,13H,1-4,6-9H2. The minimum absolute atomic E-state index is 0.180. The fourth-order valence-corrected chi connectivity index (χ4v) is 2.21. The number of carbonyl (C=O) groups excluding carboxylic acids is 1. The van der Waals surface area contributed by atoms with Crippen molar-refractivity contribution >= 4 is 5.78 Å². The number of rotatable bonds is 4. The molecule has 3 nitrogen and oxygen atoms in total. The molecule has 2 aliphatic rings. The maximum atomic E-state index is 11.7. The number of Topliss-reactive ketones (excluding diaryl/α,β-unsaturated/α-hetero) is 1. The van der Waals surface area contributed by atoms with E-state index in [1.54, 1.807) is 0 Å². The van der Waals surface area contributed by atoms with Gasteiger partial charge in [0.2, 0.25) is 0 Å². The third-order valence-electron chi connectivity index (χ3n) is 3.11. The van der Waals surface area contributed by atoms with Gasteiger partial charge in [-0.25, -0.2) is 0 Å². The molecule has 0 aromatic carbocycles. The molecule has 0 spiro atoms. The van der Waals surface area contributed by atoms with Crippen molar-refractivity contribution in [2.45, 2.75) is 44.6 Å². The normalized spacial score (nSPS) is 25.9. The predicted octanol–water partition coefficient (Wildman–Crippen LogP) is 1.78. The summed E-state index contributed by atoms with van der Waals surface area (Å²) in [5.74, 6) is 0.783. The fourth-order valence-electron chi connectivity index (χ4n) is 2.21. The van der Waals surface area contributed by atoms with Gasteiger partial charge in [-0.3, -0.25) is 4.79 Å². The highest BCUT2D eigenvalue weighted by Gasteiger charge is 2.18. The fraction of sp³-hybridized carbons (Fsp3) is 0.750. The summed E-state index contributed by atoms with van der Waals surface area (Å²) < 4.78 is 5.25. The zero-order valence-corrected chi connectivity index (χ0v) is 9.13. The molecule has 84 valence electrons. The van der Waals surface area contributed by atoms with Gasteiger partial charge in [0.25, 0.3) is 0 Å². The van der Waals surface area contributed by atoms with Crippen LogP contribution in [0.25, 0.3) is 0 Å². The smallest absolute Gasteiger partial charge is 0.197 e. The maximum absolute atomic E-state index is 11.7. The molecule has 0 bridgehead atoms. The largest absolute Gasteiger partial charge is 0.490 e. The Kier molecular flexibility index (Phi) is 3.78. The number of nitrogens with one attached hydrogen (secondary N) is 1. The third kappa shape index (κ3) is 3.06. The van der Waals surface area contributed by atoms with Crippen molar-refractivity contribution < 1.29 is 9.53 Å². The van der Waals surface area contributed by atoms with Crippen molar-refractivity contribution in [2.24, 2.45) is 0 Å². The van der Waals surface area contributed by atoms with Crippen molar-refractivity contribution in [1.82, 2.24) is 5.32 Å². The number of hydrogen-bond acceptors (Lipinski definition) is 3. The van der Waals surface area contributed by atoms with Crippen molar-refractivity contribution in [2.75, 3.05) is 13.2 Å². The van der Waals surface area contributed by atoms with Crippen LogP contribution in [0.2, 0.25) is 0 Å². The molecule has 0 radical (unpaired) electrons. The first-order valence-electron chi connectivity index (χ1n) is 5.96. The van der Waals surface area contributed by atoms with Gasteiger partial charge in [-0.2, -0.15) is 0 Å². The molecule has 15 heavy (non-hydrogen) atoms. The van der Waals surface area contributed by atoms with Crippen LogP contribution in [-0.2, 0) is 9.53 Å². The Balaban J connectivity index is 1.70. The number of hydrogen-bond donors (Lipinski definition) is 1. The summed E-state index contributed by atoms with van der Waals surface area (Å²) in [4.78, 5) is 11.7. The molecule has 0 aliphatic carbocycles. The molecular weight excluding hydrogens is 190 g/mol. The predicted molar refractivity (Wildman–Crippen MR) is 58.5 cm³/mol. The zero-order valence-electron chi connectivity index (χ0n) is 9.13. The van der Waals surface area contributed by atoms with E-state index in [0.29, 0.717) is 24.8 Å². The third-order valence-corrected chi connectivity index (χ3v) is 3.11. The Bertz CT molecular complexity index is 254. The van der Waals surface area contributed by atoms with Gasteiger partial charge >= 0.3 is 0 Å². The molecular formula is C12H19NO2. The minimum Gasteiger partial charge on any atom is -0.490 e. The molecule has 1 fully saturated rings. The number of ether oxygens (including phenoxy) is 1. The maximum Gasteiger partial charge on any atom is 0.197 e. The Morgan fingerprint density at radius 3 is 3.13 bits per heavy atom. The van der Waals surface area contributed by atoms with E-state index in [0.717, 1.165) is 19.4 Å². The van der Waals surface area contributed by atoms with Crippen molar-refractivity contribution in [3.63, 3.8) is 0 Å². The van der Waals surface area contributed by atoms with E-state index >= 15 is 0 Å². The number of allylic oxidation sites excluding steroid dienone is 1. The molecule has 0 aromatic rings. The molecule has 0 saturated carbocycles. The summed E-state index contributed by atoms with van der Waals surface area (Å²) in [6.45, 7) is 1.79. The average Bonchev–Trinajstić information content (AvgIpc) is 2.81. The number of carbonyl (C=O) groups is 1. The molecule has 3 heteroatoms. The van der Waals surface area contributed by atoms with Crippen molar-refractivity contribution in [1.29, 1.82) is 0 Å². The molecule has 1 N–H and O–H groups in total. The van der Waals surface area contributed by atoms with Crippen LogP contribution < -0.4 is 5.32 Å². The van der Waals surface area contributed by atoms with Gasteiger partial charge in [0.05, 0.1) is 6.61 Å². The van der Waals surface area contributed by atoms with Crippen LogP contribution in [0.1, 0.15) is 38.5 Å². The van der Waals surface area contributed by atoms with Crippen LogP contribution in [0.3, 0.4) is 0 Å². The lowest BCUT2D eigenvalue weighted by Crippen LogP contribution is -2.34. The van der Waals surface area contributed by atoms with Crippen LogP contribution in [0.5, 0.6) is 0 Å². The lowest BCUT2D eigenvalue weighted by atomic mass is 9.99. The topological polar surface area (TPSA) is 38.3 Å². The van der Waals surface area contributed by atoms with Gasteiger partial charge in [0.15, 0.2) is 11.5 Å². The summed E-state index contributed by atoms with van der Waals surface area (Å²) >= 11 is 0. The van der Waals surface area contributed by atoms with E-state index in [1.165, 1.54) is 19.3 Å². The van der Waals surface area contributed by atoms with Crippen LogP contribution in [-0.4, -0.2) is 25.0 Å². The van der Waals surface area contributed by atoms with E-state index < -0.39 is 0 Å². The molecule has 1 saturated heterocycles. The number of ketones is 1. The van der Waals surface area contributed by atoms with Crippen molar-refractivity contribution in [3.05, 3.63) is 11.8 Å². The van der Waals surface area contributed by atoms with Gasteiger partial charge in [0, 0.05) is 18.9 Å². The molecule has 0 aromatic heterocycles. The van der Waals surface area contributed by atoms with E-state index in [-0.39, 0.29) is 5.78 Å². The molecule has 2 heterocycles. The van der Waals surface area contributed by atoms with E-state index in [9.17, 15) is 4.79 Å². The Labute approximate surface area is 90.9 Å². The average molecular weight is 209 g/mol. The van der Waals surface area contributed by atoms with Crippen LogP contribution in [0, 0.1) is 0 Å². The highest BCUT2D eigenvalue weighted by molar-refractivity contribution is 5.93. The van der Waals surface area contributed by atoms with Gasteiger partial charge in [0.1, 0.15) is 0 Å². The van der Waals surface area contributed by atoms with E-state index in [1.807, 2.05) is 6.08 Å². The Morgan fingerprint density at radius 2 is 2.47 bits per heavy atom. The van der Waals surface area contributed by atoms with Crippen LogP contribution in [0.4, 0.5) is 0 Å². The summed E-state index contributed by atoms with van der Waals surface area (Å²) in [5.41, 5.74) is 0. The van der Waals surface area contributed by atoms with Gasteiger partial charge in [-0.15, -0.1) is 0 Å². The zero-order chi connectivity index (χ0) is 10.5. The molecule has 1 unspecified atom stereocenters. The minimum atomic E-state index is 0.180. The monoisotopic (exact) mass is 209 g/mol. The van der Waals surface area contributed by atoms with Gasteiger partial charge in [-0.05, 0) is 31.9 Å². The lowest BCUT2D eigenvalue weighted by molar-refractivity contribution is -0.118. The lowest BCUT2D eigenvalue weighted by Gasteiger charge is -2.22. The first kappa shape index (κ1) is 10.7. The van der Waals surface area contributed by atoms with Crippen LogP contribution >= 0.6 is 0 Å². The van der Waals surface area contributed by atoms with Gasteiger partial charge in [-0.1, -0.05) is 6.42 Å². The first-order chi connectivity index (χ1) is 7.36. The van der Waals surface area contributed by atoms with Crippen LogP contribution in [0.15, 0.2) is 11.8 Å². The second kappa shape index (κ2) is 5.31. The Morgan fingerprint density at radius 1 is 1.53 bits per heavy atom. The second-order valence-electron chi connectivity index (χ2n) is 4.31. The first-order valence-corrected chi connectivity index (χ1v) is 5.96. The molecule has 2 aliphatic heterocycles. The van der Waals surface area contributed by atoms with E-state index in [4.69, 9.17) is 4.74 Å². The summed E-state index contributed by atoms with van der Waals surface area (Å²) in [6, 6.07) is 0.546.